The van der Waals surface area contributed by atoms with Crippen LogP contribution in [-0.2, 0) is 14.1 Å². The first kappa shape index (κ1) is 14.4. The first-order chi connectivity index (χ1) is 9.56. The highest BCUT2D eigenvalue weighted by Crippen LogP contribution is 2.24. The van der Waals surface area contributed by atoms with Crippen molar-refractivity contribution in [2.75, 3.05) is 11.9 Å². The van der Waals surface area contributed by atoms with E-state index in [0.717, 1.165) is 17.4 Å². The molecule has 0 amide bonds. The molecule has 0 bridgehead atoms. The van der Waals surface area contributed by atoms with Gasteiger partial charge in [0.25, 0.3) is 5.56 Å². The summed E-state index contributed by atoms with van der Waals surface area (Å²) in [7, 11) is 2.96. The Morgan fingerprint density at radius 1 is 1.20 bits per heavy atom. The molecular weight excluding hydrogens is 256 g/mol. The molecule has 0 atom stereocenters. The Kier molecular flexibility index (Phi) is 4.28. The fourth-order valence-electron chi connectivity index (χ4n) is 2.78. The van der Waals surface area contributed by atoms with Crippen LogP contribution in [0.1, 0.15) is 37.7 Å². The van der Waals surface area contributed by atoms with Gasteiger partial charge in [-0.15, -0.1) is 0 Å². The Morgan fingerprint density at radius 3 is 2.45 bits per heavy atom. The average molecular weight is 276 g/mol. The Balaban J connectivity index is 2.29. The lowest BCUT2D eigenvalue weighted by atomic mass is 9.89. The van der Waals surface area contributed by atoms with E-state index in [0.29, 0.717) is 18.3 Å². The maximum atomic E-state index is 11.9. The Bertz CT molecular complexity index is 645. The van der Waals surface area contributed by atoms with Gasteiger partial charge < -0.3 is 5.32 Å². The third-order valence-corrected chi connectivity index (χ3v) is 4.06. The van der Waals surface area contributed by atoms with Crippen molar-refractivity contribution in [2.45, 2.75) is 32.1 Å². The topological polar surface area (TPSA) is 79.8 Å². The molecule has 108 valence electrons. The van der Waals surface area contributed by atoms with Crippen molar-refractivity contribution in [1.82, 2.24) is 9.13 Å². The van der Waals surface area contributed by atoms with Crippen LogP contribution in [0.15, 0.2) is 9.59 Å². The number of aromatic nitrogens is 2. The van der Waals surface area contributed by atoms with Gasteiger partial charge in [-0.2, -0.15) is 5.26 Å². The normalized spacial score (nSPS) is 15.8. The summed E-state index contributed by atoms with van der Waals surface area (Å²) in [6, 6.07) is 1.90. The van der Waals surface area contributed by atoms with Crippen LogP contribution in [0.2, 0.25) is 0 Å². The van der Waals surface area contributed by atoms with Crippen molar-refractivity contribution in [2.24, 2.45) is 20.0 Å². The highest BCUT2D eigenvalue weighted by molar-refractivity contribution is 5.51. The summed E-state index contributed by atoms with van der Waals surface area (Å²) in [5.74, 6) is 0.889. The summed E-state index contributed by atoms with van der Waals surface area (Å²) < 4.78 is 2.30. The number of hydrogen-bond acceptors (Lipinski definition) is 4. The molecule has 0 unspecified atom stereocenters. The van der Waals surface area contributed by atoms with Crippen molar-refractivity contribution in [3.8, 4) is 6.07 Å². The lowest BCUT2D eigenvalue weighted by molar-refractivity contribution is 0.373. The molecule has 6 nitrogen and oxygen atoms in total. The van der Waals surface area contributed by atoms with Crippen LogP contribution in [0.3, 0.4) is 0 Å². The van der Waals surface area contributed by atoms with Crippen molar-refractivity contribution < 1.29 is 0 Å². The molecule has 2 rings (SSSR count). The molecule has 1 aliphatic carbocycles. The molecule has 1 aliphatic rings. The quantitative estimate of drug-likeness (QED) is 0.891. The molecule has 0 aromatic carbocycles. The van der Waals surface area contributed by atoms with Gasteiger partial charge in [0, 0.05) is 20.6 Å². The monoisotopic (exact) mass is 276 g/mol. The van der Waals surface area contributed by atoms with Crippen LogP contribution in [-0.4, -0.2) is 15.7 Å². The first-order valence-electron chi connectivity index (χ1n) is 7.00. The zero-order chi connectivity index (χ0) is 14.7. The molecule has 1 aromatic rings. The smallest absolute Gasteiger partial charge is 0.332 e. The predicted molar refractivity (Wildman–Crippen MR) is 76.7 cm³/mol. The lowest BCUT2D eigenvalue weighted by Gasteiger charge is -2.23. The fraction of sp³-hybridized carbons (Fsp3) is 0.643. The summed E-state index contributed by atoms with van der Waals surface area (Å²) in [5.41, 5.74) is -0.952. The third-order valence-electron chi connectivity index (χ3n) is 4.06. The summed E-state index contributed by atoms with van der Waals surface area (Å²) in [5, 5.41) is 12.3. The van der Waals surface area contributed by atoms with Gasteiger partial charge in [-0.3, -0.25) is 13.9 Å². The molecule has 1 heterocycles. The van der Waals surface area contributed by atoms with Gasteiger partial charge in [-0.1, -0.05) is 19.3 Å². The van der Waals surface area contributed by atoms with E-state index in [-0.39, 0.29) is 5.56 Å². The molecule has 0 spiro atoms. The Labute approximate surface area is 117 Å². The second-order valence-electron chi connectivity index (χ2n) is 5.43. The van der Waals surface area contributed by atoms with Crippen LogP contribution in [0, 0.1) is 17.2 Å². The number of nitriles is 1. The van der Waals surface area contributed by atoms with Crippen LogP contribution >= 0.6 is 0 Å². The number of nitrogens with zero attached hydrogens (tertiary/aromatic N) is 3. The number of nitrogens with one attached hydrogen (secondary N) is 1. The van der Waals surface area contributed by atoms with Gasteiger partial charge >= 0.3 is 5.69 Å². The van der Waals surface area contributed by atoms with E-state index in [1.807, 2.05) is 6.07 Å². The van der Waals surface area contributed by atoms with Gasteiger partial charge in [0.05, 0.1) is 0 Å². The largest absolute Gasteiger partial charge is 0.370 e. The number of anilines is 1. The molecule has 1 fully saturated rings. The molecule has 1 N–H and O–H groups in total. The zero-order valence-corrected chi connectivity index (χ0v) is 12.0. The minimum atomic E-state index is -0.540. The van der Waals surface area contributed by atoms with Gasteiger partial charge in [0.2, 0.25) is 0 Å². The minimum Gasteiger partial charge on any atom is -0.370 e. The van der Waals surface area contributed by atoms with E-state index in [9.17, 15) is 9.59 Å². The van der Waals surface area contributed by atoms with Crippen molar-refractivity contribution >= 4 is 5.82 Å². The van der Waals surface area contributed by atoms with E-state index in [1.165, 1.54) is 30.9 Å². The zero-order valence-electron chi connectivity index (χ0n) is 12.0. The predicted octanol–water partition coefficient (Wildman–Crippen LogP) is 0.948. The van der Waals surface area contributed by atoms with Crippen molar-refractivity contribution in [3.63, 3.8) is 0 Å². The van der Waals surface area contributed by atoms with Crippen LogP contribution in [0.25, 0.3) is 0 Å². The second kappa shape index (κ2) is 5.95. The molecular formula is C14H20N4O2. The standard InChI is InChI=1S/C14H20N4O2/c1-17-12(16-9-10-6-4-3-5-7-10)11(8-15)13(19)18(2)14(17)20/h10,16H,3-7,9H2,1-2H3. The van der Waals surface area contributed by atoms with E-state index >= 15 is 0 Å². The summed E-state index contributed by atoms with van der Waals surface area (Å²) in [6.45, 7) is 0.703. The average Bonchev–Trinajstić information content (AvgIpc) is 2.48. The molecule has 0 aliphatic heterocycles. The fourth-order valence-corrected chi connectivity index (χ4v) is 2.78. The van der Waals surface area contributed by atoms with Crippen LogP contribution in [0.5, 0.6) is 0 Å². The minimum absolute atomic E-state index is 0.00501. The summed E-state index contributed by atoms with van der Waals surface area (Å²) in [4.78, 5) is 23.8. The van der Waals surface area contributed by atoms with Gasteiger partial charge in [0.15, 0.2) is 5.56 Å². The summed E-state index contributed by atoms with van der Waals surface area (Å²) >= 11 is 0. The highest BCUT2D eigenvalue weighted by atomic mass is 16.2. The van der Waals surface area contributed by atoms with Gasteiger partial charge in [-0.05, 0) is 18.8 Å². The van der Waals surface area contributed by atoms with Crippen molar-refractivity contribution in [1.29, 1.82) is 5.26 Å². The van der Waals surface area contributed by atoms with Crippen LogP contribution < -0.4 is 16.6 Å². The van der Waals surface area contributed by atoms with E-state index in [2.05, 4.69) is 5.32 Å². The summed E-state index contributed by atoms with van der Waals surface area (Å²) in [6.07, 6.45) is 6.06. The molecule has 1 aromatic heterocycles. The molecule has 1 saturated carbocycles. The first-order valence-corrected chi connectivity index (χ1v) is 7.00. The second-order valence-corrected chi connectivity index (χ2v) is 5.43. The maximum Gasteiger partial charge on any atom is 0.332 e. The van der Waals surface area contributed by atoms with Crippen LogP contribution in [0.4, 0.5) is 5.82 Å². The Morgan fingerprint density at radius 2 is 1.85 bits per heavy atom. The highest BCUT2D eigenvalue weighted by Gasteiger charge is 2.18. The van der Waals surface area contributed by atoms with Gasteiger partial charge in [-0.25, -0.2) is 4.79 Å². The van der Waals surface area contributed by atoms with E-state index in [4.69, 9.17) is 5.26 Å². The SMILES string of the molecule is Cn1c(NCC2CCCCC2)c(C#N)c(=O)n(C)c1=O. The van der Waals surface area contributed by atoms with Crippen molar-refractivity contribution in [3.05, 3.63) is 26.4 Å². The number of hydrogen-bond donors (Lipinski definition) is 1. The number of rotatable bonds is 3. The molecule has 0 radical (unpaired) electrons. The Hall–Kier alpha value is -2.03. The van der Waals surface area contributed by atoms with E-state index in [1.54, 1.807) is 7.05 Å². The molecule has 0 saturated heterocycles. The van der Waals surface area contributed by atoms with E-state index < -0.39 is 11.2 Å². The molecule has 20 heavy (non-hydrogen) atoms. The third kappa shape index (κ3) is 2.62. The van der Waals surface area contributed by atoms with Gasteiger partial charge in [0.1, 0.15) is 11.9 Å². The maximum absolute atomic E-state index is 11.9. The lowest BCUT2D eigenvalue weighted by Crippen LogP contribution is -2.40. The molecule has 6 heteroatoms.